The van der Waals surface area contributed by atoms with Gasteiger partial charge in [-0.3, -0.25) is 0 Å². The molecule has 0 amide bonds. The Kier molecular flexibility index (Phi) is 5.16. The molecule has 2 nitrogen and oxygen atoms in total. The van der Waals surface area contributed by atoms with Crippen LogP contribution in [-0.2, 0) is 6.54 Å². The Morgan fingerprint density at radius 2 is 2.20 bits per heavy atom. The van der Waals surface area contributed by atoms with Crippen molar-refractivity contribution in [2.24, 2.45) is 0 Å². The first-order valence-corrected chi connectivity index (χ1v) is 7.57. The summed E-state index contributed by atoms with van der Waals surface area (Å²) in [5.41, 5.74) is 3.97. The average Bonchev–Trinajstić information content (AvgIpc) is 2.83. The fourth-order valence-corrected chi connectivity index (χ4v) is 2.67. The quantitative estimate of drug-likeness (QED) is 0.400. The SMILES string of the molecule is C=CCn1c(C(=CC)CCCCC)c[n+]2ccccc12. The summed E-state index contributed by atoms with van der Waals surface area (Å²) in [4.78, 5) is 0. The molecule has 0 spiro atoms. The Morgan fingerprint density at radius 1 is 1.35 bits per heavy atom. The van der Waals surface area contributed by atoms with E-state index in [0.717, 1.165) is 13.0 Å². The van der Waals surface area contributed by atoms with Gasteiger partial charge in [0.2, 0.25) is 0 Å². The molecule has 0 aliphatic rings. The van der Waals surface area contributed by atoms with E-state index in [1.165, 1.54) is 36.2 Å². The van der Waals surface area contributed by atoms with Gasteiger partial charge in [0.15, 0.2) is 5.69 Å². The van der Waals surface area contributed by atoms with Gasteiger partial charge in [0, 0.05) is 6.07 Å². The maximum Gasteiger partial charge on any atom is 0.286 e. The van der Waals surface area contributed by atoms with Crippen LogP contribution in [-0.4, -0.2) is 4.57 Å². The summed E-state index contributed by atoms with van der Waals surface area (Å²) in [6.07, 6.45) is 13.5. The largest absolute Gasteiger partial charge is 0.286 e. The Hall–Kier alpha value is -1.83. The lowest BCUT2D eigenvalue weighted by molar-refractivity contribution is -0.510. The molecule has 0 N–H and O–H groups in total. The van der Waals surface area contributed by atoms with Gasteiger partial charge in [-0.15, -0.1) is 0 Å². The monoisotopic (exact) mass is 269 g/mol. The Bertz CT molecular complexity index is 605. The lowest BCUT2D eigenvalue weighted by Crippen LogP contribution is -2.17. The van der Waals surface area contributed by atoms with E-state index in [9.17, 15) is 0 Å². The number of allylic oxidation sites excluding steroid dienone is 3. The fraction of sp³-hybridized carbons (Fsp3) is 0.389. The van der Waals surface area contributed by atoms with E-state index in [0.29, 0.717) is 0 Å². The van der Waals surface area contributed by atoms with Crippen molar-refractivity contribution in [1.29, 1.82) is 0 Å². The van der Waals surface area contributed by atoms with Crippen molar-refractivity contribution in [3.63, 3.8) is 0 Å². The van der Waals surface area contributed by atoms with Crippen LogP contribution in [0.4, 0.5) is 0 Å². The van der Waals surface area contributed by atoms with E-state index >= 15 is 0 Å². The van der Waals surface area contributed by atoms with Gasteiger partial charge in [-0.05, 0) is 31.4 Å². The molecule has 20 heavy (non-hydrogen) atoms. The standard InChI is InChI=1S/C18H25N2/c1-4-7-8-11-16(6-3)17-15-19-14-10-9-12-18(19)20(17)13-5-2/h5-6,9-10,12,14-15H,2,4,7-8,11,13H2,1,3H3/q+1. The lowest BCUT2D eigenvalue weighted by Gasteiger charge is -2.05. The minimum absolute atomic E-state index is 0.848. The highest BCUT2D eigenvalue weighted by Crippen LogP contribution is 2.22. The third-order valence-corrected chi connectivity index (χ3v) is 3.74. The number of rotatable bonds is 7. The van der Waals surface area contributed by atoms with E-state index in [1.807, 2.05) is 6.08 Å². The van der Waals surface area contributed by atoms with Crippen molar-refractivity contribution < 1.29 is 4.40 Å². The van der Waals surface area contributed by atoms with Crippen LogP contribution in [0, 0.1) is 0 Å². The summed E-state index contributed by atoms with van der Waals surface area (Å²) in [6.45, 7) is 9.13. The second-order valence-corrected chi connectivity index (χ2v) is 5.15. The van der Waals surface area contributed by atoms with Gasteiger partial charge < -0.3 is 0 Å². The van der Waals surface area contributed by atoms with E-state index in [-0.39, 0.29) is 0 Å². The van der Waals surface area contributed by atoms with Gasteiger partial charge in [0.25, 0.3) is 5.65 Å². The molecule has 0 saturated heterocycles. The summed E-state index contributed by atoms with van der Waals surface area (Å²) in [6, 6.07) is 6.32. The van der Waals surface area contributed by atoms with Crippen molar-refractivity contribution in [2.75, 3.05) is 0 Å². The summed E-state index contributed by atoms with van der Waals surface area (Å²) in [7, 11) is 0. The number of nitrogens with zero attached hydrogens (tertiary/aromatic N) is 2. The van der Waals surface area contributed by atoms with Gasteiger partial charge in [0.05, 0.1) is 6.20 Å². The molecular weight excluding hydrogens is 244 g/mol. The first-order valence-electron chi connectivity index (χ1n) is 7.57. The summed E-state index contributed by atoms with van der Waals surface area (Å²) in [5.74, 6) is 0. The van der Waals surface area contributed by atoms with Crippen LogP contribution in [0.2, 0.25) is 0 Å². The first kappa shape index (κ1) is 14.6. The molecule has 0 fully saturated rings. The summed E-state index contributed by atoms with van der Waals surface area (Å²) in [5, 5.41) is 0. The number of pyridine rings is 1. The molecule has 106 valence electrons. The van der Waals surface area contributed by atoms with Crippen molar-refractivity contribution >= 4 is 11.2 Å². The minimum Gasteiger partial charge on any atom is -0.220 e. The van der Waals surface area contributed by atoms with Crippen LogP contribution in [0.3, 0.4) is 0 Å². The Labute approximate surface area is 122 Å². The highest BCUT2D eigenvalue weighted by Gasteiger charge is 2.18. The maximum absolute atomic E-state index is 3.89. The molecular formula is C18H25N2+. The van der Waals surface area contributed by atoms with Gasteiger partial charge >= 0.3 is 0 Å². The zero-order chi connectivity index (χ0) is 14.4. The molecule has 0 atom stereocenters. The molecule has 0 unspecified atom stereocenters. The van der Waals surface area contributed by atoms with Crippen LogP contribution in [0.5, 0.6) is 0 Å². The number of aromatic nitrogens is 2. The highest BCUT2D eigenvalue weighted by atomic mass is 15.1. The molecule has 2 aromatic heterocycles. The van der Waals surface area contributed by atoms with E-state index in [2.05, 4.69) is 66.1 Å². The normalized spacial score (nSPS) is 12.0. The molecule has 2 rings (SSSR count). The molecule has 0 bridgehead atoms. The van der Waals surface area contributed by atoms with Crippen LogP contribution in [0.15, 0.2) is 49.3 Å². The van der Waals surface area contributed by atoms with Crippen molar-refractivity contribution in [3.8, 4) is 0 Å². The number of hydrogen-bond donors (Lipinski definition) is 0. The van der Waals surface area contributed by atoms with Crippen LogP contribution < -0.4 is 4.40 Å². The van der Waals surface area contributed by atoms with Crippen molar-refractivity contribution in [1.82, 2.24) is 4.57 Å². The lowest BCUT2D eigenvalue weighted by atomic mass is 10.0. The van der Waals surface area contributed by atoms with Crippen LogP contribution in [0.1, 0.15) is 45.2 Å². The second kappa shape index (κ2) is 7.09. The van der Waals surface area contributed by atoms with Gasteiger partial charge in [-0.2, -0.15) is 0 Å². The molecule has 0 radical (unpaired) electrons. The predicted molar refractivity (Wildman–Crippen MR) is 85.6 cm³/mol. The highest BCUT2D eigenvalue weighted by molar-refractivity contribution is 5.63. The molecule has 2 aromatic rings. The second-order valence-electron chi connectivity index (χ2n) is 5.15. The average molecular weight is 269 g/mol. The van der Waals surface area contributed by atoms with Crippen LogP contribution in [0.25, 0.3) is 11.2 Å². The third kappa shape index (κ3) is 3.01. The maximum atomic E-state index is 3.89. The summed E-state index contributed by atoms with van der Waals surface area (Å²) < 4.78 is 4.54. The number of imidazole rings is 1. The number of unbranched alkanes of at least 4 members (excludes halogenated alkanes) is 2. The summed E-state index contributed by atoms with van der Waals surface area (Å²) >= 11 is 0. The molecule has 2 heteroatoms. The zero-order valence-corrected chi connectivity index (χ0v) is 12.7. The smallest absolute Gasteiger partial charge is 0.220 e. The van der Waals surface area contributed by atoms with E-state index in [1.54, 1.807) is 0 Å². The zero-order valence-electron chi connectivity index (χ0n) is 12.7. The minimum atomic E-state index is 0.848. The molecule has 2 heterocycles. The third-order valence-electron chi connectivity index (χ3n) is 3.74. The topological polar surface area (TPSA) is 9.03 Å². The first-order chi connectivity index (χ1) is 9.81. The molecule has 0 aliphatic heterocycles. The number of hydrogen-bond acceptors (Lipinski definition) is 0. The Morgan fingerprint density at radius 3 is 2.90 bits per heavy atom. The van der Waals surface area contributed by atoms with Gasteiger partial charge in [-0.1, -0.05) is 44.6 Å². The van der Waals surface area contributed by atoms with E-state index < -0.39 is 0 Å². The molecule has 0 saturated carbocycles. The van der Waals surface area contributed by atoms with Crippen molar-refractivity contribution in [3.05, 3.63) is 55.0 Å². The van der Waals surface area contributed by atoms with E-state index in [4.69, 9.17) is 0 Å². The Balaban J connectivity index is 2.40. The van der Waals surface area contributed by atoms with Crippen molar-refractivity contribution in [2.45, 2.75) is 46.1 Å². The van der Waals surface area contributed by atoms with Crippen LogP contribution >= 0.6 is 0 Å². The number of fused-ring (bicyclic) bond motifs is 1. The fourth-order valence-electron chi connectivity index (χ4n) is 2.67. The van der Waals surface area contributed by atoms with Gasteiger partial charge in [-0.25, -0.2) is 8.97 Å². The van der Waals surface area contributed by atoms with Gasteiger partial charge in [0.1, 0.15) is 12.7 Å². The molecule has 0 aromatic carbocycles. The molecule has 0 aliphatic carbocycles. The predicted octanol–water partition coefficient (Wildman–Crippen LogP) is 4.40.